The molecule has 0 saturated carbocycles. The lowest BCUT2D eigenvalue weighted by Crippen LogP contribution is -2.10. The maximum absolute atomic E-state index is 10.7. The molecule has 0 heterocycles. The van der Waals surface area contributed by atoms with Crippen LogP contribution >= 0.6 is 0 Å². The summed E-state index contributed by atoms with van der Waals surface area (Å²) in [6.07, 6.45) is 1.74. The summed E-state index contributed by atoms with van der Waals surface area (Å²) in [7, 11) is 0. The number of rotatable bonds is 4. The van der Waals surface area contributed by atoms with Crippen LogP contribution in [-0.2, 0) is 5.41 Å². The summed E-state index contributed by atoms with van der Waals surface area (Å²) >= 11 is 0. The first-order valence-electron chi connectivity index (χ1n) is 7.53. The number of hydrogen-bond acceptors (Lipinski definition) is 4. The molecule has 0 aliphatic heterocycles. The zero-order valence-corrected chi connectivity index (χ0v) is 13.9. The summed E-state index contributed by atoms with van der Waals surface area (Å²) in [4.78, 5) is 10.2. The Morgan fingerprint density at radius 3 is 2.17 bits per heavy atom. The largest absolute Gasteiger partial charge is 0.347 e. The van der Waals surface area contributed by atoms with Gasteiger partial charge in [-0.3, -0.25) is 10.1 Å². The van der Waals surface area contributed by atoms with Crippen LogP contribution in [0, 0.1) is 21.4 Å². The molecule has 0 radical (unpaired) electrons. The van der Waals surface area contributed by atoms with E-state index >= 15 is 0 Å². The van der Waals surface area contributed by atoms with E-state index in [2.05, 4.69) is 32.2 Å². The molecule has 1 N–H and O–H groups in total. The van der Waals surface area contributed by atoms with E-state index in [4.69, 9.17) is 0 Å². The van der Waals surface area contributed by atoms with Gasteiger partial charge in [0.25, 0.3) is 5.69 Å². The SMILES string of the molecule is CC(C)(C)c1ccc(/C=C(\C#N)Nc2ccc([N+](=O)[O-])cc2)cc1. The first-order chi connectivity index (χ1) is 11.3. The van der Waals surface area contributed by atoms with E-state index in [0.717, 1.165) is 5.56 Å². The van der Waals surface area contributed by atoms with Gasteiger partial charge in [-0.15, -0.1) is 0 Å². The van der Waals surface area contributed by atoms with Gasteiger partial charge in [-0.2, -0.15) is 5.26 Å². The van der Waals surface area contributed by atoms with Gasteiger partial charge >= 0.3 is 0 Å². The van der Waals surface area contributed by atoms with Crippen molar-refractivity contribution in [3.63, 3.8) is 0 Å². The molecule has 122 valence electrons. The molecule has 5 nitrogen and oxygen atoms in total. The van der Waals surface area contributed by atoms with Crippen molar-refractivity contribution in [2.75, 3.05) is 5.32 Å². The van der Waals surface area contributed by atoms with E-state index in [9.17, 15) is 15.4 Å². The van der Waals surface area contributed by atoms with Gasteiger partial charge < -0.3 is 5.32 Å². The summed E-state index contributed by atoms with van der Waals surface area (Å²) in [6, 6.07) is 16.1. The summed E-state index contributed by atoms with van der Waals surface area (Å²) in [5, 5.41) is 22.9. The molecule has 0 unspecified atom stereocenters. The summed E-state index contributed by atoms with van der Waals surface area (Å²) in [6.45, 7) is 6.44. The molecule has 0 amide bonds. The van der Waals surface area contributed by atoms with E-state index in [1.54, 1.807) is 18.2 Å². The highest BCUT2D eigenvalue weighted by atomic mass is 16.6. The van der Waals surface area contributed by atoms with Crippen LogP contribution in [0.3, 0.4) is 0 Å². The molecule has 0 saturated heterocycles. The Hall–Kier alpha value is -3.13. The van der Waals surface area contributed by atoms with Crippen molar-refractivity contribution < 1.29 is 4.92 Å². The minimum atomic E-state index is -0.457. The van der Waals surface area contributed by atoms with Crippen LogP contribution in [0.25, 0.3) is 6.08 Å². The van der Waals surface area contributed by atoms with Gasteiger partial charge in [-0.1, -0.05) is 45.0 Å². The molecule has 2 rings (SSSR count). The third-order valence-corrected chi connectivity index (χ3v) is 3.57. The van der Waals surface area contributed by atoms with Gasteiger partial charge in [-0.05, 0) is 34.8 Å². The smallest absolute Gasteiger partial charge is 0.269 e. The third kappa shape index (κ3) is 4.43. The second-order valence-electron chi connectivity index (χ2n) is 6.47. The van der Waals surface area contributed by atoms with Gasteiger partial charge in [0.15, 0.2) is 0 Å². The molecular formula is C19H19N3O2. The molecule has 0 spiro atoms. The van der Waals surface area contributed by atoms with E-state index in [1.165, 1.54) is 17.7 Å². The lowest BCUT2D eigenvalue weighted by atomic mass is 9.87. The van der Waals surface area contributed by atoms with Crippen LogP contribution in [-0.4, -0.2) is 4.92 Å². The van der Waals surface area contributed by atoms with Crippen molar-refractivity contribution >= 4 is 17.5 Å². The van der Waals surface area contributed by atoms with E-state index in [1.807, 2.05) is 24.3 Å². The normalized spacial score (nSPS) is 11.7. The fourth-order valence-corrected chi connectivity index (χ4v) is 2.16. The van der Waals surface area contributed by atoms with Gasteiger partial charge in [0, 0.05) is 17.8 Å². The van der Waals surface area contributed by atoms with Crippen LogP contribution in [0.15, 0.2) is 54.2 Å². The Bertz CT molecular complexity index is 792. The van der Waals surface area contributed by atoms with Crippen molar-refractivity contribution in [3.8, 4) is 6.07 Å². The molecular weight excluding hydrogens is 302 g/mol. The molecule has 0 aliphatic carbocycles. The van der Waals surface area contributed by atoms with E-state index in [-0.39, 0.29) is 11.1 Å². The minimum Gasteiger partial charge on any atom is -0.347 e. The summed E-state index contributed by atoms with van der Waals surface area (Å²) in [5.74, 6) is 0. The maximum Gasteiger partial charge on any atom is 0.269 e. The summed E-state index contributed by atoms with van der Waals surface area (Å²) < 4.78 is 0. The average Bonchev–Trinajstić information content (AvgIpc) is 2.54. The molecule has 5 heteroatoms. The molecule has 0 atom stereocenters. The van der Waals surface area contributed by atoms with Crippen molar-refractivity contribution in [1.29, 1.82) is 5.26 Å². The molecule has 0 aromatic heterocycles. The highest BCUT2D eigenvalue weighted by Gasteiger charge is 2.12. The monoisotopic (exact) mass is 321 g/mol. The molecule has 0 aliphatic rings. The number of nitro benzene ring substituents is 1. The Kier molecular flexibility index (Phi) is 5.00. The fraction of sp³-hybridized carbons (Fsp3) is 0.211. The molecule has 2 aromatic carbocycles. The number of allylic oxidation sites excluding steroid dienone is 1. The Morgan fingerprint density at radius 2 is 1.71 bits per heavy atom. The highest BCUT2D eigenvalue weighted by molar-refractivity contribution is 5.65. The van der Waals surface area contributed by atoms with Crippen LogP contribution in [0.2, 0.25) is 0 Å². The minimum absolute atomic E-state index is 0.0146. The topological polar surface area (TPSA) is 79.0 Å². The van der Waals surface area contributed by atoms with Gasteiger partial charge in [0.1, 0.15) is 11.8 Å². The van der Waals surface area contributed by atoms with E-state index in [0.29, 0.717) is 11.4 Å². The van der Waals surface area contributed by atoms with Crippen LogP contribution in [0.4, 0.5) is 11.4 Å². The van der Waals surface area contributed by atoms with Crippen molar-refractivity contribution in [2.45, 2.75) is 26.2 Å². The predicted octanol–water partition coefficient (Wildman–Crippen LogP) is 4.87. The molecule has 0 bridgehead atoms. The first kappa shape index (κ1) is 17.2. The fourth-order valence-electron chi connectivity index (χ4n) is 2.16. The van der Waals surface area contributed by atoms with Crippen molar-refractivity contribution in [3.05, 3.63) is 75.5 Å². The standard InChI is InChI=1S/C19H19N3O2/c1-19(2,3)15-6-4-14(5-7-15)12-17(13-20)21-16-8-10-18(11-9-16)22(23)24/h4-12,21H,1-3H3/b17-12+. The molecule has 2 aromatic rings. The van der Waals surface area contributed by atoms with Gasteiger partial charge in [0.05, 0.1) is 4.92 Å². The quantitative estimate of drug-likeness (QED) is 0.495. The average molecular weight is 321 g/mol. The number of hydrogen-bond donors (Lipinski definition) is 1. The zero-order valence-electron chi connectivity index (χ0n) is 13.9. The predicted molar refractivity (Wildman–Crippen MR) is 95.5 cm³/mol. The second kappa shape index (κ2) is 6.97. The number of nitrogens with one attached hydrogen (secondary N) is 1. The third-order valence-electron chi connectivity index (χ3n) is 3.57. The second-order valence-corrected chi connectivity index (χ2v) is 6.47. The summed E-state index contributed by atoms with van der Waals surface area (Å²) in [5.41, 5.74) is 3.22. The zero-order chi connectivity index (χ0) is 17.7. The van der Waals surface area contributed by atoms with Crippen molar-refractivity contribution in [2.24, 2.45) is 0 Å². The van der Waals surface area contributed by atoms with E-state index < -0.39 is 4.92 Å². The highest BCUT2D eigenvalue weighted by Crippen LogP contribution is 2.23. The Labute approximate surface area is 141 Å². The van der Waals surface area contributed by atoms with Crippen molar-refractivity contribution in [1.82, 2.24) is 0 Å². The van der Waals surface area contributed by atoms with Crippen LogP contribution < -0.4 is 5.32 Å². The number of nitro groups is 1. The number of anilines is 1. The Morgan fingerprint density at radius 1 is 1.12 bits per heavy atom. The van der Waals surface area contributed by atoms with Gasteiger partial charge in [0.2, 0.25) is 0 Å². The molecule has 0 fully saturated rings. The van der Waals surface area contributed by atoms with Gasteiger partial charge in [-0.25, -0.2) is 0 Å². The number of non-ortho nitro benzene ring substituents is 1. The molecule has 24 heavy (non-hydrogen) atoms. The number of benzene rings is 2. The number of nitrogens with zero attached hydrogens (tertiary/aromatic N) is 2. The van der Waals surface area contributed by atoms with Crippen LogP contribution in [0.5, 0.6) is 0 Å². The number of nitriles is 1. The Balaban J connectivity index is 2.17. The first-order valence-corrected chi connectivity index (χ1v) is 7.53. The lowest BCUT2D eigenvalue weighted by molar-refractivity contribution is -0.384. The maximum atomic E-state index is 10.7. The lowest BCUT2D eigenvalue weighted by Gasteiger charge is -2.18. The van der Waals surface area contributed by atoms with Crippen LogP contribution in [0.1, 0.15) is 31.9 Å².